The van der Waals surface area contributed by atoms with Gasteiger partial charge in [0.15, 0.2) is 0 Å². The van der Waals surface area contributed by atoms with Crippen LogP contribution in [-0.2, 0) is 4.74 Å². The van der Waals surface area contributed by atoms with Crippen LogP contribution in [0.15, 0.2) is 60.5 Å². The summed E-state index contributed by atoms with van der Waals surface area (Å²) >= 11 is 0. The normalized spacial score (nSPS) is 21.2. The number of allylic oxidation sites excluding steroid dienone is 4. The number of methoxy groups -OCH3 is 1. The van der Waals surface area contributed by atoms with E-state index in [1.807, 2.05) is 36.4 Å². The molecule has 0 saturated carbocycles. The predicted octanol–water partition coefficient (Wildman–Crippen LogP) is 2.88. The van der Waals surface area contributed by atoms with Crippen molar-refractivity contribution in [2.24, 2.45) is 0 Å². The Labute approximate surface area is 106 Å². The lowest BCUT2D eigenvalue weighted by atomic mass is 9.99. The van der Waals surface area contributed by atoms with Crippen LogP contribution in [0.1, 0.15) is 5.56 Å². The molecule has 0 saturated heterocycles. The van der Waals surface area contributed by atoms with Crippen LogP contribution in [0.5, 0.6) is 5.88 Å². The van der Waals surface area contributed by atoms with Gasteiger partial charge in [-0.3, -0.25) is 0 Å². The summed E-state index contributed by atoms with van der Waals surface area (Å²) in [6.07, 6.45) is 9.43. The highest BCUT2D eigenvalue weighted by atomic mass is 16.5. The predicted molar refractivity (Wildman–Crippen MR) is 70.0 cm³/mol. The molecule has 18 heavy (non-hydrogen) atoms. The number of fused-ring (bicyclic) bond motifs is 2. The van der Waals surface area contributed by atoms with Gasteiger partial charge in [0.25, 0.3) is 0 Å². The van der Waals surface area contributed by atoms with E-state index in [4.69, 9.17) is 9.47 Å². The van der Waals surface area contributed by atoms with Crippen molar-refractivity contribution in [2.75, 3.05) is 7.11 Å². The minimum atomic E-state index is -0.101. The number of hydrogen-bond acceptors (Lipinski definition) is 3. The zero-order valence-electron chi connectivity index (χ0n) is 10.1. The van der Waals surface area contributed by atoms with E-state index in [0.717, 1.165) is 22.5 Å². The molecule has 1 aliphatic carbocycles. The largest absolute Gasteiger partial charge is 0.438 e. The molecular formula is C15H13NO2. The van der Waals surface area contributed by atoms with Crippen LogP contribution >= 0.6 is 0 Å². The third kappa shape index (κ3) is 1.69. The Balaban J connectivity index is 2.13. The lowest BCUT2D eigenvalue weighted by Crippen LogP contribution is -2.17. The average molecular weight is 239 g/mol. The van der Waals surface area contributed by atoms with Gasteiger partial charge in [-0.1, -0.05) is 18.7 Å². The third-order valence-corrected chi connectivity index (χ3v) is 3.03. The summed E-state index contributed by atoms with van der Waals surface area (Å²) in [5, 5.41) is 0. The van der Waals surface area contributed by atoms with Crippen LogP contribution in [-0.4, -0.2) is 18.2 Å². The fourth-order valence-electron chi connectivity index (χ4n) is 2.12. The van der Waals surface area contributed by atoms with Crippen LogP contribution in [0.25, 0.3) is 5.57 Å². The molecular weight excluding hydrogens is 226 g/mol. The summed E-state index contributed by atoms with van der Waals surface area (Å²) in [5.41, 5.74) is 2.77. The Morgan fingerprint density at radius 2 is 2.33 bits per heavy atom. The number of aromatic nitrogens is 1. The zero-order chi connectivity index (χ0) is 12.5. The zero-order valence-corrected chi connectivity index (χ0v) is 10.1. The summed E-state index contributed by atoms with van der Waals surface area (Å²) in [4.78, 5) is 4.25. The molecule has 0 N–H and O–H groups in total. The molecule has 1 aliphatic heterocycles. The third-order valence-electron chi connectivity index (χ3n) is 3.03. The number of ether oxygens (including phenoxy) is 2. The first kappa shape index (κ1) is 11.0. The molecule has 0 fully saturated rings. The average Bonchev–Trinajstić information content (AvgIpc) is 2.54. The van der Waals surface area contributed by atoms with Crippen LogP contribution in [0.2, 0.25) is 0 Å². The second kappa shape index (κ2) is 4.27. The van der Waals surface area contributed by atoms with E-state index in [-0.39, 0.29) is 6.10 Å². The molecule has 1 aromatic heterocycles. The van der Waals surface area contributed by atoms with Gasteiger partial charge >= 0.3 is 0 Å². The Morgan fingerprint density at radius 1 is 1.44 bits per heavy atom. The van der Waals surface area contributed by atoms with E-state index >= 15 is 0 Å². The molecule has 2 heterocycles. The monoisotopic (exact) mass is 239 g/mol. The molecule has 2 aliphatic rings. The molecule has 3 heteroatoms. The standard InChI is InChI=1S/C15H13NO2/c1-10-9-12-13(17-2)6-3-7-14(12)18-15-11(10)5-4-8-16-15/h3-9,13H,1H2,2H3. The molecule has 3 rings (SSSR count). The van der Waals surface area contributed by atoms with E-state index < -0.39 is 0 Å². The molecule has 90 valence electrons. The summed E-state index contributed by atoms with van der Waals surface area (Å²) in [5.74, 6) is 1.35. The van der Waals surface area contributed by atoms with Crippen molar-refractivity contribution in [3.05, 3.63) is 66.1 Å². The van der Waals surface area contributed by atoms with Gasteiger partial charge in [-0.15, -0.1) is 0 Å². The molecule has 0 aromatic carbocycles. The molecule has 0 spiro atoms. The fourth-order valence-corrected chi connectivity index (χ4v) is 2.12. The van der Waals surface area contributed by atoms with Crippen molar-refractivity contribution in [1.29, 1.82) is 0 Å². The quantitative estimate of drug-likeness (QED) is 0.755. The fraction of sp³-hybridized carbons (Fsp3) is 0.133. The van der Waals surface area contributed by atoms with Crippen LogP contribution < -0.4 is 4.74 Å². The first-order valence-corrected chi connectivity index (χ1v) is 5.75. The molecule has 0 bridgehead atoms. The Morgan fingerprint density at radius 3 is 3.17 bits per heavy atom. The first-order chi connectivity index (χ1) is 8.79. The maximum Gasteiger partial charge on any atom is 0.227 e. The summed E-state index contributed by atoms with van der Waals surface area (Å²) < 4.78 is 11.3. The number of rotatable bonds is 1. The Kier molecular flexibility index (Phi) is 2.61. The molecule has 0 amide bonds. The SMILES string of the molecule is C=C1C=C2C(=CC=CC2OC)Oc2ncccc21. The van der Waals surface area contributed by atoms with Crippen molar-refractivity contribution in [2.45, 2.75) is 6.10 Å². The van der Waals surface area contributed by atoms with Gasteiger partial charge in [0.1, 0.15) is 11.9 Å². The number of pyridine rings is 1. The van der Waals surface area contributed by atoms with Gasteiger partial charge in [-0.2, -0.15) is 0 Å². The second-order valence-corrected chi connectivity index (χ2v) is 4.16. The van der Waals surface area contributed by atoms with Gasteiger partial charge in [0.05, 0.1) is 0 Å². The minimum absolute atomic E-state index is 0.101. The van der Waals surface area contributed by atoms with Crippen molar-refractivity contribution in [3.8, 4) is 5.88 Å². The van der Waals surface area contributed by atoms with Gasteiger partial charge in [0, 0.05) is 24.4 Å². The molecule has 1 atom stereocenters. The highest BCUT2D eigenvalue weighted by Crippen LogP contribution is 2.35. The number of hydrogen-bond donors (Lipinski definition) is 0. The van der Waals surface area contributed by atoms with Crippen molar-refractivity contribution < 1.29 is 9.47 Å². The van der Waals surface area contributed by atoms with E-state index in [1.165, 1.54) is 0 Å². The summed E-state index contributed by atoms with van der Waals surface area (Å²) in [6.45, 7) is 4.07. The van der Waals surface area contributed by atoms with Gasteiger partial charge in [-0.05, 0) is 29.9 Å². The number of nitrogens with zero attached hydrogens (tertiary/aromatic N) is 1. The minimum Gasteiger partial charge on any atom is -0.438 e. The second-order valence-electron chi connectivity index (χ2n) is 4.16. The Bertz CT molecular complexity index is 596. The van der Waals surface area contributed by atoms with Gasteiger partial charge < -0.3 is 9.47 Å². The first-order valence-electron chi connectivity index (χ1n) is 5.75. The molecule has 1 unspecified atom stereocenters. The van der Waals surface area contributed by atoms with Crippen molar-refractivity contribution in [3.63, 3.8) is 0 Å². The van der Waals surface area contributed by atoms with Crippen LogP contribution in [0.3, 0.4) is 0 Å². The van der Waals surface area contributed by atoms with Gasteiger partial charge in [0.2, 0.25) is 5.88 Å². The van der Waals surface area contributed by atoms with E-state index in [2.05, 4.69) is 11.6 Å². The lowest BCUT2D eigenvalue weighted by molar-refractivity contribution is 0.164. The summed E-state index contributed by atoms with van der Waals surface area (Å²) in [7, 11) is 1.68. The Hall–Kier alpha value is -2.13. The highest BCUT2D eigenvalue weighted by Gasteiger charge is 2.24. The molecule has 1 aromatic rings. The topological polar surface area (TPSA) is 31.4 Å². The maximum atomic E-state index is 5.85. The van der Waals surface area contributed by atoms with Gasteiger partial charge in [-0.25, -0.2) is 4.98 Å². The van der Waals surface area contributed by atoms with Crippen molar-refractivity contribution in [1.82, 2.24) is 4.98 Å². The van der Waals surface area contributed by atoms with E-state index in [1.54, 1.807) is 13.3 Å². The highest BCUT2D eigenvalue weighted by molar-refractivity contribution is 5.78. The lowest BCUT2D eigenvalue weighted by Gasteiger charge is -2.19. The maximum absolute atomic E-state index is 5.85. The van der Waals surface area contributed by atoms with Crippen molar-refractivity contribution >= 4 is 5.57 Å². The van der Waals surface area contributed by atoms with E-state index in [0.29, 0.717) is 5.88 Å². The van der Waals surface area contributed by atoms with Crippen LogP contribution in [0.4, 0.5) is 0 Å². The summed E-state index contributed by atoms with van der Waals surface area (Å²) in [6, 6.07) is 3.83. The smallest absolute Gasteiger partial charge is 0.227 e. The van der Waals surface area contributed by atoms with Crippen LogP contribution in [0, 0.1) is 0 Å². The van der Waals surface area contributed by atoms with E-state index in [9.17, 15) is 0 Å². The molecule has 3 nitrogen and oxygen atoms in total. The molecule has 0 radical (unpaired) electrons.